The molecule has 0 amide bonds. The van der Waals surface area contributed by atoms with Gasteiger partial charge < -0.3 is 11.5 Å². The van der Waals surface area contributed by atoms with Gasteiger partial charge in [-0.3, -0.25) is 0 Å². The lowest BCUT2D eigenvalue weighted by atomic mass is 9.99. The number of halogens is 2. The van der Waals surface area contributed by atoms with Crippen LogP contribution >= 0.6 is 23.2 Å². The topological polar surface area (TPSA) is 52.0 Å². The second-order valence-electron chi connectivity index (χ2n) is 3.08. The first-order valence-electron chi connectivity index (χ1n) is 4.48. The minimum atomic E-state index is 0.545. The molecule has 0 aliphatic carbocycles. The lowest BCUT2D eigenvalue weighted by molar-refractivity contribution is 1.05. The lowest BCUT2D eigenvalue weighted by Crippen LogP contribution is -2.05. The van der Waals surface area contributed by atoms with E-state index < -0.39 is 0 Å². The second kappa shape index (κ2) is 5.32. The third-order valence-electron chi connectivity index (χ3n) is 2.19. The molecule has 1 rings (SSSR count). The van der Waals surface area contributed by atoms with Crippen LogP contribution in [0.15, 0.2) is 12.1 Å². The molecular formula is C10H14Cl2N2. The molecule has 0 radical (unpaired) electrons. The number of benzene rings is 1. The summed E-state index contributed by atoms with van der Waals surface area (Å²) >= 11 is 11.4. The van der Waals surface area contributed by atoms with Gasteiger partial charge in [-0.2, -0.15) is 0 Å². The standard InChI is InChI=1S/C10H14Cl2N2/c11-5-3-7-8(4-6-12)10(14)2-1-9(7)13/h1-2H,3-6,13-14H2. The summed E-state index contributed by atoms with van der Waals surface area (Å²) in [6.07, 6.45) is 1.48. The second-order valence-corrected chi connectivity index (χ2v) is 3.84. The van der Waals surface area contributed by atoms with Crippen molar-refractivity contribution >= 4 is 34.6 Å². The maximum atomic E-state index is 5.85. The zero-order valence-electron chi connectivity index (χ0n) is 7.89. The highest BCUT2D eigenvalue weighted by Crippen LogP contribution is 2.25. The number of hydrogen-bond donors (Lipinski definition) is 2. The normalized spacial score (nSPS) is 10.4. The van der Waals surface area contributed by atoms with E-state index in [2.05, 4.69) is 0 Å². The molecule has 2 nitrogen and oxygen atoms in total. The van der Waals surface area contributed by atoms with Crippen LogP contribution in [-0.2, 0) is 12.8 Å². The number of nitrogens with two attached hydrogens (primary N) is 2. The Morgan fingerprint density at radius 2 is 1.21 bits per heavy atom. The average Bonchev–Trinajstić information content (AvgIpc) is 2.17. The quantitative estimate of drug-likeness (QED) is 0.619. The fraction of sp³-hybridized carbons (Fsp3) is 0.400. The molecule has 14 heavy (non-hydrogen) atoms. The Balaban J connectivity index is 3.12. The van der Waals surface area contributed by atoms with Crippen LogP contribution in [0.1, 0.15) is 11.1 Å². The average molecular weight is 233 g/mol. The van der Waals surface area contributed by atoms with Crippen LogP contribution < -0.4 is 11.5 Å². The van der Waals surface area contributed by atoms with E-state index in [1.165, 1.54) is 0 Å². The molecule has 4 N–H and O–H groups in total. The fourth-order valence-corrected chi connectivity index (χ4v) is 1.89. The molecule has 0 aromatic heterocycles. The van der Waals surface area contributed by atoms with Crippen LogP contribution in [0.25, 0.3) is 0 Å². The van der Waals surface area contributed by atoms with E-state index in [0.717, 1.165) is 35.3 Å². The summed E-state index contributed by atoms with van der Waals surface area (Å²) in [7, 11) is 0. The smallest absolute Gasteiger partial charge is 0.0351 e. The number of alkyl halides is 2. The van der Waals surface area contributed by atoms with Crippen molar-refractivity contribution in [2.45, 2.75) is 12.8 Å². The van der Waals surface area contributed by atoms with Crippen LogP contribution in [0.3, 0.4) is 0 Å². The Kier molecular flexibility index (Phi) is 4.36. The predicted octanol–water partition coefficient (Wildman–Crippen LogP) is 2.41. The Bertz CT molecular complexity index is 282. The van der Waals surface area contributed by atoms with Gasteiger partial charge in [0.05, 0.1) is 0 Å². The summed E-state index contributed by atoms with van der Waals surface area (Å²) in [5.41, 5.74) is 15.3. The van der Waals surface area contributed by atoms with Gasteiger partial charge in [-0.25, -0.2) is 0 Å². The van der Waals surface area contributed by atoms with Gasteiger partial charge in [-0.1, -0.05) is 0 Å². The molecule has 78 valence electrons. The summed E-state index contributed by atoms with van der Waals surface area (Å²) in [4.78, 5) is 0. The van der Waals surface area contributed by atoms with Gasteiger partial charge in [0, 0.05) is 23.1 Å². The molecule has 0 aliphatic heterocycles. The maximum Gasteiger partial charge on any atom is 0.0351 e. The van der Waals surface area contributed by atoms with Crippen molar-refractivity contribution in [2.75, 3.05) is 23.2 Å². The van der Waals surface area contributed by atoms with E-state index in [0.29, 0.717) is 11.8 Å². The molecule has 0 fully saturated rings. The first-order chi connectivity index (χ1) is 6.70. The van der Waals surface area contributed by atoms with Crippen LogP contribution in [0, 0.1) is 0 Å². The maximum absolute atomic E-state index is 5.85. The molecule has 1 aromatic carbocycles. The van der Waals surface area contributed by atoms with Crippen LogP contribution in [-0.4, -0.2) is 11.8 Å². The highest BCUT2D eigenvalue weighted by Gasteiger charge is 2.08. The highest BCUT2D eigenvalue weighted by molar-refractivity contribution is 6.18. The SMILES string of the molecule is Nc1ccc(N)c(CCCl)c1CCCl. The molecule has 0 spiro atoms. The molecule has 0 aliphatic rings. The molecule has 0 unspecified atom stereocenters. The van der Waals surface area contributed by atoms with E-state index in [4.69, 9.17) is 34.7 Å². The summed E-state index contributed by atoms with van der Waals surface area (Å²) in [5, 5.41) is 0. The van der Waals surface area contributed by atoms with Gasteiger partial charge in [0.25, 0.3) is 0 Å². The van der Waals surface area contributed by atoms with Crippen LogP contribution in [0.2, 0.25) is 0 Å². The van der Waals surface area contributed by atoms with Crippen molar-refractivity contribution in [3.05, 3.63) is 23.3 Å². The van der Waals surface area contributed by atoms with Crippen molar-refractivity contribution in [1.82, 2.24) is 0 Å². The van der Waals surface area contributed by atoms with E-state index >= 15 is 0 Å². The van der Waals surface area contributed by atoms with Gasteiger partial charge in [0.1, 0.15) is 0 Å². The molecule has 0 bridgehead atoms. The summed E-state index contributed by atoms with van der Waals surface area (Å²) in [5.74, 6) is 1.09. The molecule has 1 aromatic rings. The van der Waals surface area contributed by atoms with E-state index in [1.54, 1.807) is 0 Å². The van der Waals surface area contributed by atoms with Gasteiger partial charge in [-0.15, -0.1) is 23.2 Å². The molecule has 4 heteroatoms. The highest BCUT2D eigenvalue weighted by atomic mass is 35.5. The Morgan fingerprint density at radius 1 is 0.857 bits per heavy atom. The minimum absolute atomic E-state index is 0.545. The molecule has 0 saturated heterocycles. The lowest BCUT2D eigenvalue weighted by Gasteiger charge is -2.13. The number of hydrogen-bond acceptors (Lipinski definition) is 2. The summed E-state index contributed by atoms with van der Waals surface area (Å²) in [6.45, 7) is 0. The first kappa shape index (κ1) is 11.5. The van der Waals surface area contributed by atoms with Gasteiger partial charge >= 0.3 is 0 Å². The fourth-order valence-electron chi connectivity index (χ4n) is 1.51. The predicted molar refractivity (Wildman–Crippen MR) is 64.1 cm³/mol. The molecule has 0 heterocycles. The Morgan fingerprint density at radius 3 is 1.50 bits per heavy atom. The zero-order valence-corrected chi connectivity index (χ0v) is 9.41. The van der Waals surface area contributed by atoms with Crippen molar-refractivity contribution in [3.63, 3.8) is 0 Å². The van der Waals surface area contributed by atoms with Crippen molar-refractivity contribution in [1.29, 1.82) is 0 Å². The van der Waals surface area contributed by atoms with Crippen molar-refractivity contribution in [3.8, 4) is 0 Å². The minimum Gasteiger partial charge on any atom is -0.398 e. The summed E-state index contributed by atoms with van der Waals surface area (Å²) < 4.78 is 0. The third kappa shape index (κ3) is 2.46. The van der Waals surface area contributed by atoms with Gasteiger partial charge in [-0.05, 0) is 36.1 Å². The van der Waals surface area contributed by atoms with Crippen molar-refractivity contribution in [2.24, 2.45) is 0 Å². The van der Waals surface area contributed by atoms with Gasteiger partial charge in [0.15, 0.2) is 0 Å². The first-order valence-corrected chi connectivity index (χ1v) is 5.55. The molecular weight excluding hydrogens is 219 g/mol. The van der Waals surface area contributed by atoms with Crippen LogP contribution in [0.4, 0.5) is 11.4 Å². The monoisotopic (exact) mass is 232 g/mol. The summed E-state index contributed by atoms with van der Waals surface area (Å²) in [6, 6.07) is 3.63. The van der Waals surface area contributed by atoms with E-state index in [-0.39, 0.29) is 0 Å². The van der Waals surface area contributed by atoms with E-state index in [1.807, 2.05) is 12.1 Å². The molecule has 0 atom stereocenters. The van der Waals surface area contributed by atoms with Crippen LogP contribution in [0.5, 0.6) is 0 Å². The number of nitrogen functional groups attached to an aromatic ring is 2. The largest absolute Gasteiger partial charge is 0.398 e. The van der Waals surface area contributed by atoms with Crippen molar-refractivity contribution < 1.29 is 0 Å². The molecule has 0 saturated carbocycles. The Labute approximate surface area is 94.2 Å². The van der Waals surface area contributed by atoms with Gasteiger partial charge in [0.2, 0.25) is 0 Å². The number of rotatable bonds is 4. The zero-order chi connectivity index (χ0) is 10.6. The Hall–Kier alpha value is -0.600. The number of anilines is 2. The third-order valence-corrected chi connectivity index (χ3v) is 2.57. The van der Waals surface area contributed by atoms with E-state index in [9.17, 15) is 0 Å².